The molecular formula is C13H16O4. The van der Waals surface area contributed by atoms with Crippen molar-refractivity contribution in [3.05, 3.63) is 49.1 Å². The van der Waals surface area contributed by atoms with E-state index in [2.05, 4.69) is 16.1 Å². The molecule has 0 fully saturated rings. The number of benzene rings is 1. The predicted octanol–water partition coefficient (Wildman–Crippen LogP) is 1.97. The minimum absolute atomic E-state index is 0.0738. The molecule has 1 aromatic carbocycles. The summed E-state index contributed by atoms with van der Waals surface area (Å²) in [4.78, 5) is 20.6. The first kappa shape index (κ1) is 14.9. The summed E-state index contributed by atoms with van der Waals surface area (Å²) in [6.07, 6.45) is 1.05. The maximum Gasteiger partial charge on any atom is 0.330 e. The largest absolute Gasteiger partial charge is 0.462 e. The molecule has 4 nitrogen and oxygen atoms in total. The van der Waals surface area contributed by atoms with Crippen LogP contribution in [0.1, 0.15) is 6.92 Å². The highest BCUT2D eigenvalue weighted by molar-refractivity contribution is 5.81. The van der Waals surface area contributed by atoms with Crippen LogP contribution in [0, 0.1) is 0 Å². The van der Waals surface area contributed by atoms with Gasteiger partial charge < -0.3 is 9.47 Å². The zero-order valence-electron chi connectivity index (χ0n) is 9.80. The standard InChI is InChI=1S/C7H10O4.C6H6/c1-3-7(9)11-5-4-10-6(2)8;1-2-4-6-5-3-1/h3H,1,4-5H2,2H3;1-6H. The SMILES string of the molecule is C=CC(=O)OCCOC(C)=O.c1ccccc1. The Morgan fingerprint density at radius 3 is 1.76 bits per heavy atom. The number of rotatable bonds is 4. The highest BCUT2D eigenvalue weighted by Gasteiger charge is 1.95. The van der Waals surface area contributed by atoms with Crippen molar-refractivity contribution in [2.75, 3.05) is 13.2 Å². The fraction of sp³-hybridized carbons (Fsp3) is 0.231. The summed E-state index contributed by atoms with van der Waals surface area (Å²) in [6.45, 7) is 4.65. The second-order valence-electron chi connectivity index (χ2n) is 2.87. The Bertz CT molecular complexity index is 306. The molecule has 92 valence electrons. The molecule has 0 bridgehead atoms. The van der Waals surface area contributed by atoms with Crippen LogP contribution < -0.4 is 0 Å². The van der Waals surface area contributed by atoms with Crippen LogP contribution in [0.2, 0.25) is 0 Å². The Kier molecular flexibility index (Phi) is 9.13. The highest BCUT2D eigenvalue weighted by atomic mass is 16.6. The maximum absolute atomic E-state index is 10.4. The Morgan fingerprint density at radius 1 is 1.00 bits per heavy atom. The molecular weight excluding hydrogens is 220 g/mol. The van der Waals surface area contributed by atoms with Crippen molar-refractivity contribution in [1.82, 2.24) is 0 Å². The first-order valence-corrected chi connectivity index (χ1v) is 5.09. The van der Waals surface area contributed by atoms with E-state index >= 15 is 0 Å². The lowest BCUT2D eigenvalue weighted by atomic mass is 10.4. The van der Waals surface area contributed by atoms with Gasteiger partial charge in [-0.2, -0.15) is 0 Å². The van der Waals surface area contributed by atoms with Gasteiger partial charge in [-0.25, -0.2) is 4.79 Å². The van der Waals surface area contributed by atoms with Gasteiger partial charge in [-0.3, -0.25) is 4.79 Å². The molecule has 0 aromatic heterocycles. The fourth-order valence-electron chi connectivity index (χ4n) is 0.771. The number of hydrogen-bond acceptors (Lipinski definition) is 4. The molecule has 1 aromatic rings. The topological polar surface area (TPSA) is 52.6 Å². The average molecular weight is 236 g/mol. The van der Waals surface area contributed by atoms with Crippen LogP contribution in [-0.4, -0.2) is 25.2 Å². The number of ether oxygens (including phenoxy) is 2. The Balaban J connectivity index is 0.000000354. The van der Waals surface area contributed by atoms with E-state index in [1.807, 2.05) is 36.4 Å². The van der Waals surface area contributed by atoms with Gasteiger partial charge in [-0.05, 0) is 0 Å². The van der Waals surface area contributed by atoms with E-state index in [-0.39, 0.29) is 19.2 Å². The van der Waals surface area contributed by atoms with Crippen LogP contribution in [0.4, 0.5) is 0 Å². The Hall–Kier alpha value is -2.10. The Labute approximate surface area is 101 Å². The second-order valence-corrected chi connectivity index (χ2v) is 2.87. The van der Waals surface area contributed by atoms with E-state index < -0.39 is 5.97 Å². The molecule has 0 heterocycles. The summed E-state index contributed by atoms with van der Waals surface area (Å²) in [5.41, 5.74) is 0. The van der Waals surface area contributed by atoms with Crippen molar-refractivity contribution in [2.45, 2.75) is 6.92 Å². The van der Waals surface area contributed by atoms with E-state index in [0.29, 0.717) is 0 Å². The van der Waals surface area contributed by atoms with Gasteiger partial charge in [-0.15, -0.1) is 0 Å². The number of hydrogen-bond donors (Lipinski definition) is 0. The van der Waals surface area contributed by atoms with Gasteiger partial charge in [-0.1, -0.05) is 43.0 Å². The molecule has 0 spiro atoms. The summed E-state index contributed by atoms with van der Waals surface area (Å²) < 4.78 is 8.99. The third kappa shape index (κ3) is 11.8. The fourth-order valence-corrected chi connectivity index (χ4v) is 0.771. The summed E-state index contributed by atoms with van der Waals surface area (Å²) in [6, 6.07) is 12.0. The molecule has 0 N–H and O–H groups in total. The van der Waals surface area contributed by atoms with Crippen molar-refractivity contribution in [1.29, 1.82) is 0 Å². The number of carbonyl (C=O) groups is 2. The molecule has 0 amide bonds. The first-order chi connectivity index (χ1) is 8.16. The third-order valence-corrected chi connectivity index (χ3v) is 1.47. The molecule has 4 heteroatoms. The van der Waals surface area contributed by atoms with Crippen molar-refractivity contribution < 1.29 is 19.1 Å². The molecule has 17 heavy (non-hydrogen) atoms. The normalized spacial score (nSPS) is 8.29. The third-order valence-electron chi connectivity index (χ3n) is 1.47. The Morgan fingerprint density at radius 2 is 1.41 bits per heavy atom. The summed E-state index contributed by atoms with van der Waals surface area (Å²) >= 11 is 0. The molecule has 0 saturated carbocycles. The summed E-state index contributed by atoms with van der Waals surface area (Å²) in [5.74, 6) is -0.906. The zero-order valence-corrected chi connectivity index (χ0v) is 9.80. The van der Waals surface area contributed by atoms with Crippen molar-refractivity contribution in [3.63, 3.8) is 0 Å². The summed E-state index contributed by atoms with van der Waals surface area (Å²) in [5, 5.41) is 0. The number of carbonyl (C=O) groups excluding carboxylic acids is 2. The second kappa shape index (κ2) is 10.4. The minimum Gasteiger partial charge on any atom is -0.462 e. The van der Waals surface area contributed by atoms with Crippen LogP contribution in [-0.2, 0) is 19.1 Å². The van der Waals surface area contributed by atoms with Crippen molar-refractivity contribution in [2.24, 2.45) is 0 Å². The lowest BCUT2D eigenvalue weighted by molar-refractivity contribution is -0.147. The van der Waals surface area contributed by atoms with Crippen LogP contribution >= 0.6 is 0 Å². The highest BCUT2D eigenvalue weighted by Crippen LogP contribution is 1.81. The van der Waals surface area contributed by atoms with Crippen LogP contribution in [0.5, 0.6) is 0 Å². The molecule has 0 aliphatic rings. The first-order valence-electron chi connectivity index (χ1n) is 5.09. The lowest BCUT2D eigenvalue weighted by Gasteiger charge is -2.01. The molecule has 0 atom stereocenters. The van der Waals surface area contributed by atoms with E-state index in [1.165, 1.54) is 6.92 Å². The predicted molar refractivity (Wildman–Crippen MR) is 64.2 cm³/mol. The number of esters is 2. The van der Waals surface area contributed by atoms with Crippen LogP contribution in [0.25, 0.3) is 0 Å². The van der Waals surface area contributed by atoms with Gasteiger partial charge in [0, 0.05) is 13.0 Å². The molecule has 0 saturated heterocycles. The molecule has 1 rings (SSSR count). The van der Waals surface area contributed by atoms with Gasteiger partial charge in [0.2, 0.25) is 0 Å². The zero-order chi connectivity index (χ0) is 12.9. The van der Waals surface area contributed by atoms with Gasteiger partial charge in [0.1, 0.15) is 13.2 Å². The van der Waals surface area contributed by atoms with Gasteiger partial charge >= 0.3 is 11.9 Å². The smallest absolute Gasteiger partial charge is 0.330 e. The maximum atomic E-state index is 10.4. The van der Waals surface area contributed by atoms with E-state index in [0.717, 1.165) is 6.08 Å². The van der Waals surface area contributed by atoms with Crippen molar-refractivity contribution >= 4 is 11.9 Å². The monoisotopic (exact) mass is 236 g/mol. The minimum atomic E-state index is -0.517. The quantitative estimate of drug-likeness (QED) is 0.455. The van der Waals surface area contributed by atoms with Gasteiger partial charge in [0.25, 0.3) is 0 Å². The molecule has 0 aliphatic carbocycles. The molecule has 0 unspecified atom stereocenters. The van der Waals surface area contributed by atoms with Gasteiger partial charge in [0.15, 0.2) is 0 Å². The van der Waals surface area contributed by atoms with E-state index in [1.54, 1.807) is 0 Å². The van der Waals surface area contributed by atoms with Crippen LogP contribution in [0.3, 0.4) is 0 Å². The van der Waals surface area contributed by atoms with Gasteiger partial charge in [0.05, 0.1) is 0 Å². The molecule has 0 radical (unpaired) electrons. The lowest BCUT2D eigenvalue weighted by Crippen LogP contribution is -2.10. The van der Waals surface area contributed by atoms with E-state index in [4.69, 9.17) is 0 Å². The summed E-state index contributed by atoms with van der Waals surface area (Å²) in [7, 11) is 0. The molecule has 0 aliphatic heterocycles. The average Bonchev–Trinajstić information content (AvgIpc) is 2.37. The van der Waals surface area contributed by atoms with E-state index in [9.17, 15) is 9.59 Å². The van der Waals surface area contributed by atoms with Crippen molar-refractivity contribution in [3.8, 4) is 0 Å². The van der Waals surface area contributed by atoms with Crippen LogP contribution in [0.15, 0.2) is 49.1 Å².